The van der Waals surface area contributed by atoms with Crippen LogP contribution in [0.25, 0.3) is 0 Å². The zero-order valence-electron chi connectivity index (χ0n) is 12.1. The minimum absolute atomic E-state index is 0.849. The number of nitrogens with one attached hydrogen (secondary N) is 1. The van der Waals surface area contributed by atoms with Crippen molar-refractivity contribution in [2.75, 3.05) is 11.6 Å². The van der Waals surface area contributed by atoms with Crippen LogP contribution in [-0.4, -0.2) is 17.7 Å². The largest absolute Gasteiger partial charge is 0.362 e. The molecule has 0 fully saturated rings. The molecule has 0 aliphatic carbocycles. The van der Waals surface area contributed by atoms with Crippen molar-refractivity contribution in [1.29, 1.82) is 0 Å². The van der Waals surface area contributed by atoms with Gasteiger partial charge in [0, 0.05) is 23.5 Å². The molecule has 0 aliphatic rings. The topological polar surface area (TPSA) is 31.4 Å². The molecule has 0 saturated carbocycles. The van der Waals surface area contributed by atoms with Gasteiger partial charge in [0.25, 0.3) is 0 Å². The van der Waals surface area contributed by atoms with Crippen LogP contribution in [0.2, 0.25) is 0 Å². The summed E-state index contributed by atoms with van der Waals surface area (Å²) in [5.41, 5.74) is 5.84. The number of aromatic nitrogens is 1. The van der Waals surface area contributed by atoms with Crippen LogP contribution >= 0.6 is 0 Å². The van der Waals surface area contributed by atoms with Crippen molar-refractivity contribution in [1.82, 2.24) is 4.98 Å². The Morgan fingerprint density at radius 1 is 1.16 bits per heavy atom. The van der Waals surface area contributed by atoms with Gasteiger partial charge in [-0.2, -0.15) is 5.10 Å². The highest BCUT2D eigenvalue weighted by Gasteiger charge is 2.03. The van der Waals surface area contributed by atoms with Crippen molar-refractivity contribution >= 4 is 11.9 Å². The molecule has 3 heteroatoms. The first kappa shape index (κ1) is 13.4. The van der Waals surface area contributed by atoms with Crippen LogP contribution in [-0.2, 0) is 0 Å². The fraction of sp³-hybridized carbons (Fsp3) is 0.312. The molecule has 1 aromatic heterocycles. The Morgan fingerprint density at radius 3 is 2.37 bits per heavy atom. The van der Waals surface area contributed by atoms with Crippen molar-refractivity contribution in [3.8, 4) is 0 Å². The molecule has 0 saturated heterocycles. The first-order chi connectivity index (χ1) is 9.10. The summed E-state index contributed by atoms with van der Waals surface area (Å²) in [6.07, 6.45) is 1.92. The third kappa shape index (κ3) is 3.25. The Labute approximate surface area is 115 Å². The van der Waals surface area contributed by atoms with Gasteiger partial charge < -0.3 is 4.98 Å². The molecule has 3 nitrogen and oxygen atoms in total. The van der Waals surface area contributed by atoms with Crippen molar-refractivity contribution in [2.45, 2.75) is 27.7 Å². The molecule has 0 amide bonds. The fourth-order valence-electron chi connectivity index (χ4n) is 2.06. The standard InChI is InChI=1S/C16H21N3/c1-5-19(16-8-6-12(2)7-9-16)17-11-15-10-13(3)18-14(15)4/h6-11,18H,5H2,1-4H3. The third-order valence-corrected chi connectivity index (χ3v) is 3.16. The summed E-state index contributed by atoms with van der Waals surface area (Å²) >= 11 is 0. The maximum Gasteiger partial charge on any atom is 0.0593 e. The van der Waals surface area contributed by atoms with Crippen molar-refractivity contribution in [3.63, 3.8) is 0 Å². The molecule has 0 bridgehead atoms. The maximum absolute atomic E-state index is 4.57. The number of nitrogens with zero attached hydrogens (tertiary/aromatic N) is 2. The number of aryl methyl sites for hydroxylation is 3. The number of hydrogen-bond donors (Lipinski definition) is 1. The minimum Gasteiger partial charge on any atom is -0.362 e. The van der Waals surface area contributed by atoms with E-state index in [9.17, 15) is 0 Å². The Bertz CT molecular complexity index is 564. The summed E-state index contributed by atoms with van der Waals surface area (Å²) < 4.78 is 0. The molecular formula is C16H21N3. The summed E-state index contributed by atoms with van der Waals surface area (Å²) in [6, 6.07) is 10.5. The zero-order valence-corrected chi connectivity index (χ0v) is 12.1. The number of H-pyrrole nitrogens is 1. The molecule has 0 atom stereocenters. The third-order valence-electron chi connectivity index (χ3n) is 3.16. The van der Waals surface area contributed by atoms with E-state index in [2.05, 4.69) is 68.1 Å². The van der Waals surface area contributed by atoms with Gasteiger partial charge in [-0.05, 0) is 45.9 Å². The van der Waals surface area contributed by atoms with Gasteiger partial charge in [-0.3, -0.25) is 5.01 Å². The lowest BCUT2D eigenvalue weighted by molar-refractivity contribution is 0.897. The Hall–Kier alpha value is -2.03. The lowest BCUT2D eigenvalue weighted by atomic mass is 10.2. The summed E-state index contributed by atoms with van der Waals surface area (Å²) in [5, 5.41) is 6.58. The lowest BCUT2D eigenvalue weighted by Crippen LogP contribution is -2.15. The Kier molecular flexibility index (Phi) is 4.05. The second-order valence-corrected chi connectivity index (χ2v) is 4.83. The SMILES string of the molecule is CCN(N=Cc1cc(C)[nH]c1C)c1ccc(C)cc1. The summed E-state index contributed by atoms with van der Waals surface area (Å²) in [6.45, 7) is 9.17. The minimum atomic E-state index is 0.849. The number of hydrogen-bond acceptors (Lipinski definition) is 2. The van der Waals surface area contributed by atoms with Crippen LogP contribution in [0.15, 0.2) is 35.4 Å². The van der Waals surface area contributed by atoms with Crippen LogP contribution in [0.4, 0.5) is 5.69 Å². The van der Waals surface area contributed by atoms with Gasteiger partial charge in [0.15, 0.2) is 0 Å². The molecule has 100 valence electrons. The van der Waals surface area contributed by atoms with E-state index < -0.39 is 0 Å². The maximum atomic E-state index is 4.57. The van der Waals surface area contributed by atoms with Crippen LogP contribution < -0.4 is 5.01 Å². The highest BCUT2D eigenvalue weighted by Crippen LogP contribution is 2.15. The number of anilines is 1. The monoisotopic (exact) mass is 255 g/mol. The Balaban J connectivity index is 2.19. The molecule has 1 N–H and O–H groups in total. The van der Waals surface area contributed by atoms with E-state index in [0.29, 0.717) is 0 Å². The van der Waals surface area contributed by atoms with E-state index in [4.69, 9.17) is 0 Å². The molecule has 0 radical (unpaired) electrons. The number of rotatable bonds is 4. The highest BCUT2D eigenvalue weighted by molar-refractivity contribution is 5.82. The van der Waals surface area contributed by atoms with E-state index in [1.54, 1.807) is 0 Å². The smallest absolute Gasteiger partial charge is 0.0593 e. The predicted octanol–water partition coefficient (Wildman–Crippen LogP) is 3.80. The van der Waals surface area contributed by atoms with E-state index in [1.165, 1.54) is 5.56 Å². The number of benzene rings is 1. The van der Waals surface area contributed by atoms with Gasteiger partial charge >= 0.3 is 0 Å². The van der Waals surface area contributed by atoms with Crippen LogP contribution in [0.1, 0.15) is 29.4 Å². The Morgan fingerprint density at radius 2 is 1.84 bits per heavy atom. The van der Waals surface area contributed by atoms with Crippen LogP contribution in [0, 0.1) is 20.8 Å². The molecule has 19 heavy (non-hydrogen) atoms. The number of hydrazone groups is 1. The van der Waals surface area contributed by atoms with Crippen LogP contribution in [0.5, 0.6) is 0 Å². The number of aromatic amines is 1. The average molecular weight is 255 g/mol. The molecule has 0 aliphatic heterocycles. The quantitative estimate of drug-likeness (QED) is 0.654. The molecule has 2 rings (SSSR count). The molecule has 2 aromatic rings. The van der Waals surface area contributed by atoms with E-state index in [1.807, 2.05) is 11.2 Å². The van der Waals surface area contributed by atoms with Crippen molar-refractivity contribution < 1.29 is 0 Å². The summed E-state index contributed by atoms with van der Waals surface area (Å²) in [5.74, 6) is 0. The van der Waals surface area contributed by atoms with E-state index in [0.717, 1.165) is 29.2 Å². The first-order valence-corrected chi connectivity index (χ1v) is 6.64. The average Bonchev–Trinajstić information content (AvgIpc) is 2.71. The summed E-state index contributed by atoms with van der Waals surface area (Å²) in [4.78, 5) is 3.29. The molecule has 1 aromatic carbocycles. The normalized spacial score (nSPS) is 11.2. The zero-order chi connectivity index (χ0) is 13.8. The lowest BCUT2D eigenvalue weighted by Gasteiger charge is -2.16. The van der Waals surface area contributed by atoms with E-state index in [-0.39, 0.29) is 0 Å². The second kappa shape index (κ2) is 5.74. The van der Waals surface area contributed by atoms with Gasteiger partial charge in [-0.1, -0.05) is 17.7 Å². The van der Waals surface area contributed by atoms with Gasteiger partial charge in [-0.25, -0.2) is 0 Å². The first-order valence-electron chi connectivity index (χ1n) is 6.64. The molecule has 1 heterocycles. The second-order valence-electron chi connectivity index (χ2n) is 4.83. The molecule has 0 spiro atoms. The van der Waals surface area contributed by atoms with Crippen molar-refractivity contribution in [2.24, 2.45) is 5.10 Å². The molecule has 0 unspecified atom stereocenters. The van der Waals surface area contributed by atoms with Gasteiger partial charge in [0.2, 0.25) is 0 Å². The summed E-state index contributed by atoms with van der Waals surface area (Å²) in [7, 11) is 0. The van der Waals surface area contributed by atoms with Gasteiger partial charge in [0.1, 0.15) is 0 Å². The van der Waals surface area contributed by atoms with Crippen molar-refractivity contribution in [3.05, 3.63) is 52.8 Å². The molecular weight excluding hydrogens is 234 g/mol. The van der Waals surface area contributed by atoms with Gasteiger partial charge in [0.05, 0.1) is 11.9 Å². The predicted molar refractivity (Wildman–Crippen MR) is 82.1 cm³/mol. The van der Waals surface area contributed by atoms with Gasteiger partial charge in [-0.15, -0.1) is 0 Å². The van der Waals surface area contributed by atoms with Crippen LogP contribution in [0.3, 0.4) is 0 Å². The fourth-order valence-corrected chi connectivity index (χ4v) is 2.06. The highest BCUT2D eigenvalue weighted by atomic mass is 15.4. The van der Waals surface area contributed by atoms with E-state index >= 15 is 0 Å².